The lowest BCUT2D eigenvalue weighted by Gasteiger charge is -2.06. The molecule has 78 valence electrons. The molecule has 1 N–H and O–H groups in total. The van der Waals surface area contributed by atoms with E-state index in [1.165, 1.54) is 0 Å². The highest BCUT2D eigenvalue weighted by molar-refractivity contribution is 6.10. The van der Waals surface area contributed by atoms with E-state index in [0.717, 1.165) is 17.6 Å². The van der Waals surface area contributed by atoms with Gasteiger partial charge in [-0.25, -0.2) is 0 Å². The minimum Gasteiger partial charge on any atom is -0.300 e. The van der Waals surface area contributed by atoms with Crippen molar-refractivity contribution < 1.29 is 0 Å². The zero-order valence-electron chi connectivity index (χ0n) is 9.33. The molecule has 15 heavy (non-hydrogen) atoms. The molecule has 1 rings (SSSR count). The van der Waals surface area contributed by atoms with Crippen LogP contribution in [0.15, 0.2) is 54.1 Å². The van der Waals surface area contributed by atoms with Crippen molar-refractivity contribution in [3.63, 3.8) is 0 Å². The Kier molecular flexibility index (Phi) is 4.55. The van der Waals surface area contributed by atoms with Gasteiger partial charge in [-0.1, -0.05) is 55.5 Å². The van der Waals surface area contributed by atoms with Gasteiger partial charge in [0, 0.05) is 0 Å². The Hall–Kier alpha value is -1.63. The molecule has 0 fully saturated rings. The van der Waals surface area contributed by atoms with Gasteiger partial charge in [0.2, 0.25) is 0 Å². The van der Waals surface area contributed by atoms with Crippen LogP contribution in [-0.4, -0.2) is 5.71 Å². The van der Waals surface area contributed by atoms with E-state index in [9.17, 15) is 0 Å². The fourth-order valence-electron chi connectivity index (χ4n) is 1.38. The number of hydrogen-bond donors (Lipinski definition) is 1. The smallest absolute Gasteiger partial charge is 0.0644 e. The summed E-state index contributed by atoms with van der Waals surface area (Å²) in [5.41, 5.74) is 2.67. The quantitative estimate of drug-likeness (QED) is 0.560. The lowest BCUT2D eigenvalue weighted by molar-refractivity contribution is 1.16. The summed E-state index contributed by atoms with van der Waals surface area (Å²) < 4.78 is 0. The van der Waals surface area contributed by atoms with E-state index in [4.69, 9.17) is 5.41 Å². The molecule has 1 nitrogen and oxygen atoms in total. The molecule has 0 aromatic heterocycles. The van der Waals surface area contributed by atoms with Gasteiger partial charge in [-0.2, -0.15) is 0 Å². The summed E-state index contributed by atoms with van der Waals surface area (Å²) in [5.74, 6) is 0. The van der Waals surface area contributed by atoms with Gasteiger partial charge in [0.1, 0.15) is 0 Å². The van der Waals surface area contributed by atoms with Crippen molar-refractivity contribution >= 4 is 5.71 Å². The van der Waals surface area contributed by atoms with Crippen LogP contribution in [0.25, 0.3) is 0 Å². The van der Waals surface area contributed by atoms with Crippen LogP contribution in [0.4, 0.5) is 0 Å². The molecule has 1 aromatic rings. The molecular formula is C14H17N. The van der Waals surface area contributed by atoms with Gasteiger partial charge in [-0.15, -0.1) is 0 Å². The van der Waals surface area contributed by atoms with Crippen molar-refractivity contribution in [3.05, 3.63) is 59.7 Å². The number of benzene rings is 1. The molecule has 0 aliphatic carbocycles. The molecule has 1 heteroatoms. The van der Waals surface area contributed by atoms with Crippen LogP contribution >= 0.6 is 0 Å². The Labute approximate surface area is 91.7 Å². The Morgan fingerprint density at radius 2 is 1.93 bits per heavy atom. The molecule has 0 saturated heterocycles. The van der Waals surface area contributed by atoms with E-state index in [1.54, 1.807) is 0 Å². The highest BCUT2D eigenvalue weighted by atomic mass is 14.4. The molecule has 0 saturated carbocycles. The largest absolute Gasteiger partial charge is 0.300 e. The summed E-state index contributed by atoms with van der Waals surface area (Å²) in [7, 11) is 0. The SMILES string of the molecule is C/C=C\C=C(/CC)C(=N)c1ccccc1. The summed E-state index contributed by atoms with van der Waals surface area (Å²) in [6.07, 6.45) is 6.86. The first-order valence-corrected chi connectivity index (χ1v) is 5.25. The molecular weight excluding hydrogens is 182 g/mol. The van der Waals surface area contributed by atoms with Crippen molar-refractivity contribution in [3.8, 4) is 0 Å². The van der Waals surface area contributed by atoms with Gasteiger partial charge >= 0.3 is 0 Å². The monoisotopic (exact) mass is 199 g/mol. The zero-order chi connectivity index (χ0) is 11.1. The minimum atomic E-state index is 0.621. The van der Waals surface area contributed by atoms with Crippen LogP contribution in [0.3, 0.4) is 0 Å². The maximum Gasteiger partial charge on any atom is 0.0644 e. The minimum absolute atomic E-state index is 0.621. The second-order valence-corrected chi connectivity index (χ2v) is 3.31. The van der Waals surface area contributed by atoms with Gasteiger partial charge in [-0.3, -0.25) is 5.41 Å². The number of allylic oxidation sites excluding steroid dienone is 4. The number of rotatable bonds is 4. The normalized spacial score (nSPS) is 12.0. The third-order valence-electron chi connectivity index (χ3n) is 2.25. The molecule has 0 bridgehead atoms. The van der Waals surface area contributed by atoms with Crippen molar-refractivity contribution in [2.45, 2.75) is 20.3 Å². The van der Waals surface area contributed by atoms with E-state index in [1.807, 2.05) is 55.5 Å². The summed E-state index contributed by atoms with van der Waals surface area (Å²) in [5, 5.41) is 8.06. The molecule has 0 aliphatic heterocycles. The molecule has 0 spiro atoms. The summed E-state index contributed by atoms with van der Waals surface area (Å²) >= 11 is 0. The molecule has 0 unspecified atom stereocenters. The standard InChI is InChI=1S/C14H17N/c1-3-5-9-12(4-2)14(15)13-10-7-6-8-11-13/h3,5-11,15H,4H2,1-2H3/b5-3-,12-9+,15-14?. The molecule has 1 aromatic carbocycles. The van der Waals surface area contributed by atoms with E-state index in [2.05, 4.69) is 6.92 Å². The Morgan fingerprint density at radius 3 is 2.47 bits per heavy atom. The third-order valence-corrected chi connectivity index (χ3v) is 2.25. The van der Waals surface area contributed by atoms with Gasteiger partial charge < -0.3 is 0 Å². The maximum atomic E-state index is 8.06. The van der Waals surface area contributed by atoms with Crippen molar-refractivity contribution in [1.29, 1.82) is 5.41 Å². The molecule has 0 radical (unpaired) electrons. The lowest BCUT2D eigenvalue weighted by atomic mass is 10.0. The van der Waals surface area contributed by atoms with Crippen LogP contribution in [0.1, 0.15) is 25.8 Å². The summed E-state index contributed by atoms with van der Waals surface area (Å²) in [6.45, 7) is 4.06. The molecule has 0 aliphatic rings. The van der Waals surface area contributed by atoms with Crippen molar-refractivity contribution in [1.82, 2.24) is 0 Å². The van der Waals surface area contributed by atoms with Crippen LogP contribution in [-0.2, 0) is 0 Å². The zero-order valence-corrected chi connectivity index (χ0v) is 9.33. The Balaban J connectivity index is 2.92. The van der Waals surface area contributed by atoms with Gasteiger partial charge in [0.15, 0.2) is 0 Å². The maximum absolute atomic E-state index is 8.06. The first-order valence-electron chi connectivity index (χ1n) is 5.25. The summed E-state index contributed by atoms with van der Waals surface area (Å²) in [4.78, 5) is 0. The first-order chi connectivity index (χ1) is 7.29. The van der Waals surface area contributed by atoms with Crippen LogP contribution in [0.5, 0.6) is 0 Å². The Bertz CT molecular complexity index is 372. The number of hydrogen-bond acceptors (Lipinski definition) is 1. The predicted octanol–water partition coefficient (Wildman–Crippen LogP) is 3.97. The van der Waals surface area contributed by atoms with E-state index in [0.29, 0.717) is 5.71 Å². The van der Waals surface area contributed by atoms with E-state index < -0.39 is 0 Å². The number of nitrogens with one attached hydrogen (secondary N) is 1. The van der Waals surface area contributed by atoms with Crippen molar-refractivity contribution in [2.24, 2.45) is 0 Å². The molecule has 0 heterocycles. The van der Waals surface area contributed by atoms with E-state index in [-0.39, 0.29) is 0 Å². The summed E-state index contributed by atoms with van der Waals surface area (Å²) in [6, 6.07) is 9.85. The average Bonchev–Trinajstić information content (AvgIpc) is 2.31. The fraction of sp³-hybridized carbons (Fsp3) is 0.214. The van der Waals surface area contributed by atoms with Crippen LogP contribution in [0.2, 0.25) is 0 Å². The lowest BCUT2D eigenvalue weighted by Crippen LogP contribution is -2.02. The Morgan fingerprint density at radius 1 is 1.27 bits per heavy atom. The molecule has 0 amide bonds. The van der Waals surface area contributed by atoms with Gasteiger partial charge in [-0.05, 0) is 24.5 Å². The fourth-order valence-corrected chi connectivity index (χ4v) is 1.38. The van der Waals surface area contributed by atoms with Crippen LogP contribution < -0.4 is 0 Å². The second kappa shape index (κ2) is 5.97. The van der Waals surface area contributed by atoms with E-state index >= 15 is 0 Å². The van der Waals surface area contributed by atoms with Crippen molar-refractivity contribution in [2.75, 3.05) is 0 Å². The topological polar surface area (TPSA) is 23.9 Å². The average molecular weight is 199 g/mol. The third kappa shape index (κ3) is 3.21. The van der Waals surface area contributed by atoms with Gasteiger partial charge in [0.05, 0.1) is 5.71 Å². The predicted molar refractivity (Wildman–Crippen MR) is 66.5 cm³/mol. The highest BCUT2D eigenvalue weighted by Gasteiger charge is 2.03. The highest BCUT2D eigenvalue weighted by Crippen LogP contribution is 2.11. The first kappa shape index (κ1) is 11.4. The molecule has 0 atom stereocenters. The van der Waals surface area contributed by atoms with Crippen LogP contribution in [0, 0.1) is 5.41 Å². The second-order valence-electron chi connectivity index (χ2n) is 3.31. The van der Waals surface area contributed by atoms with Gasteiger partial charge in [0.25, 0.3) is 0 Å².